The molecule has 2 N–H and O–H groups in total. The van der Waals surface area contributed by atoms with Gasteiger partial charge in [-0.05, 0) is 37.4 Å². The van der Waals surface area contributed by atoms with Gasteiger partial charge in [0.1, 0.15) is 5.75 Å². The highest BCUT2D eigenvalue weighted by Gasteiger charge is 2.30. The molecule has 1 atom stereocenters. The average molecular weight is 262 g/mol. The fourth-order valence-corrected chi connectivity index (χ4v) is 2.86. The van der Waals surface area contributed by atoms with Gasteiger partial charge in [0.05, 0.1) is 13.2 Å². The summed E-state index contributed by atoms with van der Waals surface area (Å²) in [5.74, 6) is 0.947. The molecule has 3 nitrogen and oxygen atoms in total. The standard InChI is InChI=1S/C16H26N2O/c1-16(2)8-10-18(11-9-16)14(12-17)13-6-4-5-7-15(13)19-3/h4-7,14H,8-12,17H2,1-3H3. The summed E-state index contributed by atoms with van der Waals surface area (Å²) >= 11 is 0. The molecule has 1 saturated heterocycles. The van der Waals surface area contributed by atoms with Gasteiger partial charge in [-0.3, -0.25) is 4.90 Å². The van der Waals surface area contributed by atoms with E-state index < -0.39 is 0 Å². The molecule has 19 heavy (non-hydrogen) atoms. The van der Waals surface area contributed by atoms with Crippen LogP contribution in [0.15, 0.2) is 24.3 Å². The highest BCUT2D eigenvalue weighted by atomic mass is 16.5. The highest BCUT2D eigenvalue weighted by molar-refractivity contribution is 5.36. The minimum Gasteiger partial charge on any atom is -0.496 e. The van der Waals surface area contributed by atoms with Gasteiger partial charge in [0.2, 0.25) is 0 Å². The van der Waals surface area contributed by atoms with Gasteiger partial charge in [-0.1, -0.05) is 32.0 Å². The molecule has 1 aromatic rings. The maximum absolute atomic E-state index is 6.03. The number of likely N-dealkylation sites (tertiary alicyclic amines) is 1. The number of hydrogen-bond donors (Lipinski definition) is 1. The van der Waals surface area contributed by atoms with Crippen molar-refractivity contribution < 1.29 is 4.74 Å². The van der Waals surface area contributed by atoms with Crippen LogP contribution < -0.4 is 10.5 Å². The molecule has 1 heterocycles. The van der Waals surface area contributed by atoms with Crippen molar-refractivity contribution in [3.05, 3.63) is 29.8 Å². The molecule has 0 aliphatic carbocycles. The van der Waals surface area contributed by atoms with Crippen molar-refractivity contribution in [2.24, 2.45) is 11.1 Å². The normalized spacial score (nSPS) is 21.1. The van der Waals surface area contributed by atoms with E-state index in [1.54, 1.807) is 7.11 Å². The van der Waals surface area contributed by atoms with Crippen LogP contribution in [0.25, 0.3) is 0 Å². The molecule has 0 amide bonds. The molecule has 0 radical (unpaired) electrons. The van der Waals surface area contributed by atoms with Gasteiger partial charge in [0, 0.05) is 12.1 Å². The van der Waals surface area contributed by atoms with Crippen LogP contribution in [0.1, 0.15) is 38.3 Å². The minimum absolute atomic E-state index is 0.271. The Morgan fingerprint density at radius 3 is 2.47 bits per heavy atom. The summed E-state index contributed by atoms with van der Waals surface area (Å²) < 4.78 is 5.48. The van der Waals surface area contributed by atoms with E-state index >= 15 is 0 Å². The van der Waals surface area contributed by atoms with E-state index in [9.17, 15) is 0 Å². The Morgan fingerprint density at radius 1 is 1.26 bits per heavy atom. The number of hydrogen-bond acceptors (Lipinski definition) is 3. The Morgan fingerprint density at radius 2 is 1.89 bits per heavy atom. The van der Waals surface area contributed by atoms with Crippen LogP contribution in [0.3, 0.4) is 0 Å². The summed E-state index contributed by atoms with van der Waals surface area (Å²) in [7, 11) is 1.73. The van der Waals surface area contributed by atoms with Gasteiger partial charge in [-0.25, -0.2) is 0 Å². The molecule has 2 rings (SSSR count). The zero-order chi connectivity index (χ0) is 13.9. The first-order valence-electron chi connectivity index (χ1n) is 7.14. The Labute approximate surface area is 116 Å². The summed E-state index contributed by atoms with van der Waals surface area (Å²) in [6, 6.07) is 8.50. The number of methoxy groups -OCH3 is 1. The predicted molar refractivity (Wildman–Crippen MR) is 79.4 cm³/mol. The van der Waals surface area contributed by atoms with Gasteiger partial charge in [0.25, 0.3) is 0 Å². The maximum atomic E-state index is 6.03. The Bertz CT molecular complexity index is 407. The van der Waals surface area contributed by atoms with Gasteiger partial charge in [-0.2, -0.15) is 0 Å². The van der Waals surface area contributed by atoms with Crippen molar-refractivity contribution in [1.29, 1.82) is 0 Å². The molecule has 0 saturated carbocycles. The quantitative estimate of drug-likeness (QED) is 0.907. The van der Waals surface area contributed by atoms with Crippen molar-refractivity contribution in [2.75, 3.05) is 26.7 Å². The van der Waals surface area contributed by atoms with E-state index in [1.165, 1.54) is 18.4 Å². The van der Waals surface area contributed by atoms with Crippen molar-refractivity contribution in [2.45, 2.75) is 32.7 Å². The second kappa shape index (κ2) is 5.93. The topological polar surface area (TPSA) is 38.5 Å². The van der Waals surface area contributed by atoms with Crippen LogP contribution in [0, 0.1) is 5.41 Å². The number of nitrogens with two attached hydrogens (primary N) is 1. The zero-order valence-corrected chi connectivity index (χ0v) is 12.4. The van der Waals surface area contributed by atoms with Crippen LogP contribution >= 0.6 is 0 Å². The molecule has 1 fully saturated rings. The molecule has 3 heteroatoms. The smallest absolute Gasteiger partial charge is 0.123 e. The molecule has 0 bridgehead atoms. The lowest BCUT2D eigenvalue weighted by molar-refractivity contribution is 0.0953. The number of benzene rings is 1. The summed E-state index contributed by atoms with van der Waals surface area (Å²) in [6.07, 6.45) is 2.47. The molecular weight excluding hydrogens is 236 g/mol. The van der Waals surface area contributed by atoms with E-state index in [4.69, 9.17) is 10.5 Å². The minimum atomic E-state index is 0.271. The fraction of sp³-hybridized carbons (Fsp3) is 0.625. The van der Waals surface area contributed by atoms with E-state index in [0.717, 1.165) is 18.8 Å². The van der Waals surface area contributed by atoms with Crippen LogP contribution in [-0.4, -0.2) is 31.6 Å². The number of rotatable bonds is 4. The summed E-state index contributed by atoms with van der Waals surface area (Å²) in [5.41, 5.74) is 7.71. The highest BCUT2D eigenvalue weighted by Crippen LogP contribution is 2.35. The van der Waals surface area contributed by atoms with Crippen molar-refractivity contribution in [3.8, 4) is 5.75 Å². The number of ether oxygens (including phenoxy) is 1. The number of nitrogens with zero attached hydrogens (tertiary/aromatic N) is 1. The van der Waals surface area contributed by atoms with Crippen LogP contribution in [-0.2, 0) is 0 Å². The summed E-state index contributed by atoms with van der Waals surface area (Å²) in [5, 5.41) is 0. The van der Waals surface area contributed by atoms with Crippen LogP contribution in [0.4, 0.5) is 0 Å². The SMILES string of the molecule is COc1ccccc1C(CN)N1CCC(C)(C)CC1. The molecule has 1 aliphatic heterocycles. The molecule has 0 spiro atoms. The first-order chi connectivity index (χ1) is 9.07. The van der Waals surface area contributed by atoms with E-state index in [-0.39, 0.29) is 6.04 Å². The Hall–Kier alpha value is -1.06. The average Bonchev–Trinajstić information content (AvgIpc) is 2.42. The number of piperidine rings is 1. The lowest BCUT2D eigenvalue weighted by Crippen LogP contribution is -2.42. The van der Waals surface area contributed by atoms with Gasteiger partial charge in [-0.15, -0.1) is 0 Å². The van der Waals surface area contributed by atoms with Gasteiger partial charge >= 0.3 is 0 Å². The fourth-order valence-electron chi connectivity index (χ4n) is 2.86. The van der Waals surface area contributed by atoms with Gasteiger partial charge in [0.15, 0.2) is 0 Å². The van der Waals surface area contributed by atoms with Crippen molar-refractivity contribution >= 4 is 0 Å². The lowest BCUT2D eigenvalue weighted by Gasteiger charge is -2.41. The lowest BCUT2D eigenvalue weighted by atomic mass is 9.82. The molecule has 1 aromatic carbocycles. The Kier molecular flexibility index (Phi) is 4.48. The molecular formula is C16H26N2O. The first-order valence-corrected chi connectivity index (χ1v) is 7.14. The molecule has 106 valence electrons. The summed E-state index contributed by atoms with van der Waals surface area (Å²) in [4.78, 5) is 2.50. The third-order valence-electron chi connectivity index (χ3n) is 4.31. The third kappa shape index (κ3) is 3.28. The second-order valence-corrected chi connectivity index (χ2v) is 6.19. The molecule has 1 unspecified atom stereocenters. The van der Waals surface area contributed by atoms with E-state index in [0.29, 0.717) is 12.0 Å². The number of para-hydroxylation sites is 1. The maximum Gasteiger partial charge on any atom is 0.123 e. The van der Waals surface area contributed by atoms with E-state index in [2.05, 4.69) is 30.9 Å². The second-order valence-electron chi connectivity index (χ2n) is 6.19. The van der Waals surface area contributed by atoms with Crippen molar-refractivity contribution in [3.63, 3.8) is 0 Å². The monoisotopic (exact) mass is 262 g/mol. The summed E-state index contributed by atoms with van der Waals surface area (Å²) in [6.45, 7) is 7.58. The van der Waals surface area contributed by atoms with Crippen molar-refractivity contribution in [1.82, 2.24) is 4.90 Å². The van der Waals surface area contributed by atoms with Crippen LogP contribution in [0.2, 0.25) is 0 Å². The zero-order valence-electron chi connectivity index (χ0n) is 12.4. The predicted octanol–water partition coefficient (Wildman–Crippen LogP) is 2.82. The molecule has 1 aliphatic rings. The van der Waals surface area contributed by atoms with Crippen LogP contribution in [0.5, 0.6) is 5.75 Å². The third-order valence-corrected chi connectivity index (χ3v) is 4.31. The van der Waals surface area contributed by atoms with Gasteiger partial charge < -0.3 is 10.5 Å². The Balaban J connectivity index is 2.16. The first kappa shape index (κ1) is 14.4. The largest absolute Gasteiger partial charge is 0.496 e. The van der Waals surface area contributed by atoms with E-state index in [1.807, 2.05) is 12.1 Å². The molecule has 0 aromatic heterocycles.